The van der Waals surface area contributed by atoms with Crippen LogP contribution in [0.3, 0.4) is 0 Å². The highest BCUT2D eigenvalue weighted by atomic mass is 35.5. The zero-order chi connectivity index (χ0) is 24.2. The summed E-state index contributed by atoms with van der Waals surface area (Å²) < 4.78 is 68.0. The van der Waals surface area contributed by atoms with Gasteiger partial charge in [-0.1, -0.05) is 24.4 Å². The summed E-state index contributed by atoms with van der Waals surface area (Å²) in [5, 5.41) is 4.94. The van der Waals surface area contributed by atoms with E-state index in [0.717, 1.165) is 28.8 Å². The number of hydrogen-bond acceptors (Lipinski definition) is 5. The van der Waals surface area contributed by atoms with Crippen LogP contribution in [-0.2, 0) is 27.8 Å². The number of halogens is 4. The predicted molar refractivity (Wildman–Crippen MR) is 116 cm³/mol. The van der Waals surface area contributed by atoms with Gasteiger partial charge in [0.05, 0.1) is 18.8 Å². The van der Waals surface area contributed by atoms with Crippen molar-refractivity contribution in [3.8, 4) is 5.75 Å². The fourth-order valence-corrected chi connectivity index (χ4v) is 4.43. The van der Waals surface area contributed by atoms with Crippen molar-refractivity contribution < 1.29 is 31.1 Å². The van der Waals surface area contributed by atoms with Gasteiger partial charge in [0.2, 0.25) is 5.91 Å². The Morgan fingerprint density at radius 2 is 1.97 bits per heavy atom. The molecule has 7 nitrogen and oxygen atoms in total. The van der Waals surface area contributed by atoms with Gasteiger partial charge in [-0.25, -0.2) is 4.72 Å². The van der Waals surface area contributed by atoms with E-state index in [0.29, 0.717) is 35.5 Å². The smallest absolute Gasteiger partial charge is 0.493 e. The molecule has 1 fully saturated rings. The number of hydrogen-bond donors (Lipinski definition) is 1. The predicted octanol–water partition coefficient (Wildman–Crippen LogP) is 4.36. The summed E-state index contributed by atoms with van der Waals surface area (Å²) in [6.07, 6.45) is 4.27. The maximum absolute atomic E-state index is 12.4. The van der Waals surface area contributed by atoms with Crippen molar-refractivity contribution >= 4 is 27.5 Å². The van der Waals surface area contributed by atoms with E-state index < -0.39 is 27.9 Å². The van der Waals surface area contributed by atoms with Crippen molar-refractivity contribution in [2.45, 2.75) is 57.5 Å². The second-order valence-electron chi connectivity index (χ2n) is 8.12. The topological polar surface area (TPSA) is 90.3 Å². The first kappa shape index (κ1) is 25.4. The van der Waals surface area contributed by atoms with E-state index in [1.54, 1.807) is 29.8 Å². The number of carbonyl (C=O) groups is 1. The van der Waals surface area contributed by atoms with Gasteiger partial charge < -0.3 is 4.74 Å². The zero-order valence-corrected chi connectivity index (χ0v) is 19.6. The molecular weight excluding hydrogens is 483 g/mol. The third-order valence-corrected chi connectivity index (χ3v) is 6.83. The SMILES string of the molecule is Cc1cc(CCC(=O)NS(=O)(=O)C(F)(F)F)nn1Cc1cc(Cl)ccc1OCC1CCCC1. The molecule has 0 bridgehead atoms. The lowest BCUT2D eigenvalue weighted by atomic mass is 10.1. The molecule has 1 saturated carbocycles. The maximum Gasteiger partial charge on any atom is 0.516 e. The van der Waals surface area contributed by atoms with Crippen molar-refractivity contribution in [2.24, 2.45) is 5.92 Å². The summed E-state index contributed by atoms with van der Waals surface area (Å²) in [5.41, 5.74) is -3.51. The Morgan fingerprint density at radius 1 is 1.27 bits per heavy atom. The first-order chi connectivity index (χ1) is 15.4. The number of rotatable bonds is 9. The van der Waals surface area contributed by atoms with Gasteiger partial charge in [0, 0.05) is 29.1 Å². The lowest BCUT2D eigenvalue weighted by Gasteiger charge is -2.15. The molecule has 0 atom stereocenters. The van der Waals surface area contributed by atoms with Gasteiger partial charge in [0.15, 0.2) is 0 Å². The molecule has 1 heterocycles. The summed E-state index contributed by atoms with van der Waals surface area (Å²) in [6, 6.07) is 7.05. The van der Waals surface area contributed by atoms with Crippen molar-refractivity contribution in [3.63, 3.8) is 0 Å². The maximum atomic E-state index is 12.4. The van der Waals surface area contributed by atoms with Gasteiger partial charge in [-0.2, -0.15) is 26.7 Å². The number of nitrogens with zero attached hydrogens (tertiary/aromatic N) is 2. The minimum absolute atomic E-state index is 0.0202. The van der Waals surface area contributed by atoms with Gasteiger partial charge in [-0.05, 0) is 49.9 Å². The van der Waals surface area contributed by atoms with Gasteiger partial charge >= 0.3 is 15.5 Å². The molecule has 2 aromatic rings. The van der Waals surface area contributed by atoms with Crippen LogP contribution >= 0.6 is 11.6 Å². The number of aryl methyl sites for hydroxylation is 2. The van der Waals surface area contributed by atoms with Crippen LogP contribution in [0.15, 0.2) is 24.3 Å². The van der Waals surface area contributed by atoms with Gasteiger partial charge in [-0.15, -0.1) is 0 Å². The highest BCUT2D eigenvalue weighted by molar-refractivity contribution is 7.90. The van der Waals surface area contributed by atoms with Gasteiger partial charge in [-0.3, -0.25) is 9.48 Å². The molecule has 1 aliphatic rings. The van der Waals surface area contributed by atoms with Crippen LogP contribution in [-0.4, -0.2) is 36.2 Å². The summed E-state index contributed by atoms with van der Waals surface area (Å²) in [5.74, 6) is -0.00432. The molecular formula is C21H25ClF3N3O4S. The van der Waals surface area contributed by atoms with Crippen LogP contribution in [0.1, 0.15) is 49.1 Å². The van der Waals surface area contributed by atoms with E-state index in [1.807, 2.05) is 6.07 Å². The normalized spacial score (nSPS) is 15.1. The van der Waals surface area contributed by atoms with E-state index >= 15 is 0 Å². The van der Waals surface area contributed by atoms with E-state index in [1.165, 1.54) is 12.8 Å². The van der Waals surface area contributed by atoms with Crippen LogP contribution < -0.4 is 9.46 Å². The Kier molecular flexibility index (Phi) is 7.94. The highest BCUT2D eigenvalue weighted by Gasteiger charge is 2.46. The van der Waals surface area contributed by atoms with Gasteiger partial charge in [0.25, 0.3) is 0 Å². The second-order valence-corrected chi connectivity index (χ2v) is 10.2. The first-order valence-corrected chi connectivity index (χ1v) is 12.4. The third-order valence-electron chi connectivity index (χ3n) is 5.48. The number of benzene rings is 1. The summed E-state index contributed by atoms with van der Waals surface area (Å²) in [7, 11) is -5.72. The number of amides is 1. The summed E-state index contributed by atoms with van der Waals surface area (Å²) >= 11 is 6.17. The van der Waals surface area contributed by atoms with Crippen LogP contribution in [0.2, 0.25) is 5.02 Å². The molecule has 0 spiro atoms. The van der Waals surface area contributed by atoms with Crippen molar-refractivity contribution in [1.29, 1.82) is 0 Å². The molecule has 1 amide bonds. The highest BCUT2D eigenvalue weighted by Crippen LogP contribution is 2.29. The molecule has 3 rings (SSSR count). The lowest BCUT2D eigenvalue weighted by molar-refractivity contribution is -0.120. The number of nitrogens with one attached hydrogen (secondary N) is 1. The quantitative estimate of drug-likeness (QED) is 0.544. The molecule has 1 N–H and O–H groups in total. The van der Waals surface area contributed by atoms with E-state index in [2.05, 4.69) is 5.10 Å². The minimum atomic E-state index is -5.72. The summed E-state index contributed by atoms with van der Waals surface area (Å²) in [4.78, 5) is 11.7. The zero-order valence-electron chi connectivity index (χ0n) is 18.0. The minimum Gasteiger partial charge on any atom is -0.493 e. The Hall–Kier alpha value is -2.27. The molecule has 0 aliphatic heterocycles. The van der Waals surface area contributed by atoms with E-state index in [-0.39, 0.29) is 6.42 Å². The molecule has 0 radical (unpaired) electrons. The molecule has 1 aliphatic carbocycles. The van der Waals surface area contributed by atoms with Crippen LogP contribution in [0.5, 0.6) is 5.75 Å². The average Bonchev–Trinajstić information content (AvgIpc) is 3.34. The number of alkyl halides is 3. The van der Waals surface area contributed by atoms with E-state index in [4.69, 9.17) is 16.3 Å². The number of aromatic nitrogens is 2. The van der Waals surface area contributed by atoms with Crippen molar-refractivity contribution in [3.05, 3.63) is 46.2 Å². The summed E-state index contributed by atoms with van der Waals surface area (Å²) in [6.45, 7) is 2.78. The first-order valence-electron chi connectivity index (χ1n) is 10.5. The van der Waals surface area contributed by atoms with Crippen LogP contribution in [0.4, 0.5) is 13.2 Å². The fourth-order valence-electron chi connectivity index (χ4n) is 3.72. The fraction of sp³-hybridized carbons (Fsp3) is 0.524. The molecule has 12 heteroatoms. The van der Waals surface area contributed by atoms with E-state index in [9.17, 15) is 26.4 Å². The van der Waals surface area contributed by atoms with Crippen LogP contribution in [0, 0.1) is 12.8 Å². The number of sulfonamides is 1. The molecule has 33 heavy (non-hydrogen) atoms. The standard InChI is InChI=1S/C21H25ClF3N3O4S/c1-14-10-18(7-9-20(29)27-33(30,31)21(23,24)25)26-28(14)12-16-11-17(22)6-8-19(16)32-13-15-4-2-3-5-15/h6,8,10-11,15H,2-5,7,9,12-13H2,1H3,(H,27,29). The lowest BCUT2D eigenvalue weighted by Crippen LogP contribution is -2.40. The van der Waals surface area contributed by atoms with Crippen molar-refractivity contribution in [1.82, 2.24) is 14.5 Å². The third kappa shape index (κ3) is 6.86. The number of carbonyl (C=O) groups excluding carboxylic acids is 1. The monoisotopic (exact) mass is 507 g/mol. The molecule has 0 unspecified atom stereocenters. The Morgan fingerprint density at radius 3 is 2.64 bits per heavy atom. The van der Waals surface area contributed by atoms with Gasteiger partial charge in [0.1, 0.15) is 5.75 Å². The Labute approximate surface area is 195 Å². The molecule has 1 aromatic carbocycles. The Bertz CT molecular complexity index is 1100. The molecule has 0 saturated heterocycles. The molecule has 1 aromatic heterocycles. The van der Waals surface area contributed by atoms with Crippen molar-refractivity contribution in [2.75, 3.05) is 6.61 Å². The molecule has 182 valence electrons. The largest absolute Gasteiger partial charge is 0.516 e. The Balaban J connectivity index is 1.63. The average molecular weight is 508 g/mol. The van der Waals surface area contributed by atoms with Crippen LogP contribution in [0.25, 0.3) is 0 Å². The second kappa shape index (κ2) is 10.3. The number of ether oxygens (including phenoxy) is 1.